The number of nitrogens with one attached hydrogen (secondary N) is 1. The van der Waals surface area contributed by atoms with Crippen molar-refractivity contribution in [1.82, 2.24) is 0 Å². The van der Waals surface area contributed by atoms with E-state index in [1.54, 1.807) is 0 Å². The predicted octanol–water partition coefficient (Wildman–Crippen LogP) is 0.318. The molecule has 0 amide bonds. The minimum absolute atomic E-state index is 0.00720. The largest absolute Gasteiger partial charge is 0.401 e. The summed E-state index contributed by atoms with van der Waals surface area (Å²) < 4.78 is 0. The van der Waals surface area contributed by atoms with E-state index in [4.69, 9.17) is 22.0 Å². The van der Waals surface area contributed by atoms with Crippen LogP contribution in [0.5, 0.6) is 0 Å². The van der Waals surface area contributed by atoms with Crippen LogP contribution < -0.4 is 11.5 Å². The van der Waals surface area contributed by atoms with Crippen molar-refractivity contribution >= 4 is 5.84 Å². The van der Waals surface area contributed by atoms with Gasteiger partial charge in [-0.2, -0.15) is 0 Å². The monoisotopic (exact) mass is 183 g/mol. The fourth-order valence-corrected chi connectivity index (χ4v) is 1.57. The molecule has 0 aliphatic heterocycles. The second kappa shape index (κ2) is 3.79. The molecule has 74 valence electrons. The van der Waals surface area contributed by atoms with Crippen molar-refractivity contribution in [1.29, 1.82) is 5.41 Å². The third-order valence-corrected chi connectivity index (χ3v) is 2.59. The topological polar surface area (TPSA) is 96.1 Å². The first-order chi connectivity index (χ1) is 6.10. The minimum Gasteiger partial charge on any atom is -0.401 e. The van der Waals surface area contributed by atoms with Gasteiger partial charge >= 0.3 is 0 Å². The van der Waals surface area contributed by atoms with Crippen molar-refractivity contribution < 1.29 is 5.11 Å². The lowest BCUT2D eigenvalue weighted by molar-refractivity contribution is 0.273. The molecule has 0 radical (unpaired) electrons. The lowest BCUT2D eigenvalue weighted by atomic mass is 9.96. The summed E-state index contributed by atoms with van der Waals surface area (Å²) in [7, 11) is 0. The van der Waals surface area contributed by atoms with Crippen molar-refractivity contribution in [2.24, 2.45) is 16.9 Å². The van der Waals surface area contributed by atoms with Gasteiger partial charge in [0.15, 0.2) is 0 Å². The molecule has 0 spiro atoms. The van der Waals surface area contributed by atoms with Gasteiger partial charge < -0.3 is 16.6 Å². The van der Waals surface area contributed by atoms with E-state index in [1.807, 2.05) is 0 Å². The van der Waals surface area contributed by atoms with Crippen LogP contribution in [0.4, 0.5) is 0 Å². The molecular formula is C9H17N3O. The van der Waals surface area contributed by atoms with Gasteiger partial charge in [-0.1, -0.05) is 0 Å². The van der Waals surface area contributed by atoms with Crippen molar-refractivity contribution in [2.45, 2.75) is 25.7 Å². The van der Waals surface area contributed by atoms with Gasteiger partial charge in [0.2, 0.25) is 0 Å². The molecule has 0 atom stereocenters. The highest BCUT2D eigenvalue weighted by molar-refractivity contribution is 5.89. The molecule has 1 aliphatic rings. The van der Waals surface area contributed by atoms with Crippen molar-refractivity contribution in [3.63, 3.8) is 0 Å². The van der Waals surface area contributed by atoms with E-state index in [0.29, 0.717) is 5.70 Å². The number of nitrogens with two attached hydrogens (primary N) is 2. The van der Waals surface area contributed by atoms with E-state index in [0.717, 1.165) is 25.7 Å². The van der Waals surface area contributed by atoms with Crippen molar-refractivity contribution in [3.8, 4) is 0 Å². The van der Waals surface area contributed by atoms with Crippen LogP contribution in [0.2, 0.25) is 0 Å². The highest BCUT2D eigenvalue weighted by atomic mass is 16.2. The molecule has 1 rings (SSSR count). The van der Waals surface area contributed by atoms with Crippen LogP contribution in [-0.4, -0.2) is 17.5 Å². The van der Waals surface area contributed by atoms with E-state index in [-0.39, 0.29) is 17.9 Å². The first kappa shape index (κ1) is 10.1. The van der Waals surface area contributed by atoms with Gasteiger partial charge in [-0.05, 0) is 31.8 Å². The van der Waals surface area contributed by atoms with Crippen LogP contribution in [-0.2, 0) is 0 Å². The summed E-state index contributed by atoms with van der Waals surface area (Å²) >= 11 is 0. The first-order valence-electron chi connectivity index (χ1n) is 4.53. The lowest BCUT2D eigenvalue weighted by Gasteiger charge is -2.14. The Morgan fingerprint density at radius 1 is 1.46 bits per heavy atom. The Labute approximate surface area is 78.1 Å². The van der Waals surface area contributed by atoms with Gasteiger partial charge in [0, 0.05) is 17.7 Å². The maximum absolute atomic E-state index is 8.69. The molecule has 0 saturated heterocycles. The van der Waals surface area contributed by atoms with Gasteiger partial charge in [-0.15, -0.1) is 0 Å². The Kier molecular flexibility index (Phi) is 2.93. The fourth-order valence-electron chi connectivity index (χ4n) is 1.57. The average Bonchev–Trinajstić information content (AvgIpc) is 2.80. The molecule has 4 nitrogen and oxygen atoms in total. The maximum atomic E-state index is 8.69. The number of amidine groups is 1. The van der Waals surface area contributed by atoms with Gasteiger partial charge in [0.05, 0.1) is 0 Å². The highest BCUT2D eigenvalue weighted by Crippen LogP contribution is 2.53. The molecule has 0 aromatic carbocycles. The fraction of sp³-hybridized carbons (Fsp3) is 0.667. The minimum atomic E-state index is 0.00720. The Hall–Kier alpha value is -1.03. The van der Waals surface area contributed by atoms with Crippen LogP contribution in [0.1, 0.15) is 25.7 Å². The van der Waals surface area contributed by atoms with Crippen LogP contribution >= 0.6 is 0 Å². The number of aliphatic hydroxyl groups is 1. The summed E-state index contributed by atoms with van der Waals surface area (Å²) in [5.41, 5.74) is 11.8. The summed E-state index contributed by atoms with van der Waals surface area (Å²) in [4.78, 5) is 0. The van der Waals surface area contributed by atoms with E-state index in [2.05, 4.69) is 0 Å². The average molecular weight is 183 g/mol. The summed E-state index contributed by atoms with van der Waals surface area (Å²) in [6.07, 6.45) is 5.31. The van der Waals surface area contributed by atoms with E-state index >= 15 is 0 Å². The van der Waals surface area contributed by atoms with E-state index < -0.39 is 0 Å². The molecule has 6 N–H and O–H groups in total. The third-order valence-electron chi connectivity index (χ3n) is 2.59. The van der Waals surface area contributed by atoms with Crippen LogP contribution in [0, 0.1) is 10.8 Å². The molecule has 1 saturated carbocycles. The second-order valence-corrected chi connectivity index (χ2v) is 3.66. The van der Waals surface area contributed by atoms with Crippen LogP contribution in [0.25, 0.3) is 0 Å². The lowest BCUT2D eigenvalue weighted by Crippen LogP contribution is -2.17. The Bertz CT molecular complexity index is 231. The molecule has 0 aromatic rings. The summed E-state index contributed by atoms with van der Waals surface area (Å²) in [5, 5.41) is 15.8. The number of hydrogen-bond donors (Lipinski definition) is 4. The molecule has 4 heteroatoms. The molecule has 1 aliphatic carbocycles. The van der Waals surface area contributed by atoms with Gasteiger partial charge in [0.1, 0.15) is 5.84 Å². The predicted molar refractivity (Wildman–Crippen MR) is 52.2 cm³/mol. The van der Waals surface area contributed by atoms with Gasteiger partial charge in [0.25, 0.3) is 0 Å². The molecular weight excluding hydrogens is 166 g/mol. The van der Waals surface area contributed by atoms with Crippen LogP contribution in [0.15, 0.2) is 11.8 Å². The van der Waals surface area contributed by atoms with Gasteiger partial charge in [-0.3, -0.25) is 5.41 Å². The second-order valence-electron chi connectivity index (χ2n) is 3.66. The SMILES string of the molecule is N=C(N)/C=C(\N)C1(CCCO)CC1. The molecule has 13 heavy (non-hydrogen) atoms. The number of allylic oxidation sites excluding steroid dienone is 1. The smallest absolute Gasteiger partial charge is 0.117 e. The quantitative estimate of drug-likeness (QED) is 0.365. The Balaban J connectivity index is 2.54. The standard InChI is InChI=1S/C9H17N3O/c10-7(6-8(11)12)9(3-4-9)2-1-5-13/h6,13H,1-5,10H2,(H3,11,12)/b7-6-. The number of hydrogen-bond acceptors (Lipinski definition) is 3. The zero-order chi connectivity index (χ0) is 9.90. The van der Waals surface area contributed by atoms with Crippen molar-refractivity contribution in [3.05, 3.63) is 11.8 Å². The van der Waals surface area contributed by atoms with E-state index in [9.17, 15) is 0 Å². The zero-order valence-electron chi connectivity index (χ0n) is 7.71. The number of aliphatic hydroxyl groups excluding tert-OH is 1. The number of rotatable bonds is 5. The molecule has 0 bridgehead atoms. The summed E-state index contributed by atoms with van der Waals surface area (Å²) in [6, 6.07) is 0. The summed E-state index contributed by atoms with van der Waals surface area (Å²) in [6.45, 7) is 0.203. The summed E-state index contributed by atoms with van der Waals surface area (Å²) in [5.74, 6) is 0.00720. The first-order valence-corrected chi connectivity index (χ1v) is 4.53. The Morgan fingerprint density at radius 2 is 2.08 bits per heavy atom. The molecule has 0 aromatic heterocycles. The molecule has 1 fully saturated rings. The highest BCUT2D eigenvalue weighted by Gasteiger charge is 2.44. The van der Waals surface area contributed by atoms with E-state index in [1.165, 1.54) is 6.08 Å². The van der Waals surface area contributed by atoms with Crippen LogP contribution in [0.3, 0.4) is 0 Å². The third kappa shape index (κ3) is 2.45. The normalized spacial score (nSPS) is 19.9. The molecule has 0 unspecified atom stereocenters. The van der Waals surface area contributed by atoms with Crippen molar-refractivity contribution in [2.75, 3.05) is 6.61 Å². The Morgan fingerprint density at radius 3 is 2.46 bits per heavy atom. The zero-order valence-corrected chi connectivity index (χ0v) is 7.71. The maximum Gasteiger partial charge on any atom is 0.117 e. The van der Waals surface area contributed by atoms with Gasteiger partial charge in [-0.25, -0.2) is 0 Å². The molecule has 0 heterocycles.